The average Bonchev–Trinajstić information content (AvgIpc) is 3.54. The molecule has 49 heavy (non-hydrogen) atoms. The Kier molecular flexibility index (Phi) is 9.46. The predicted octanol–water partition coefficient (Wildman–Crippen LogP) is 6.46. The Morgan fingerprint density at radius 3 is 1.92 bits per heavy atom. The van der Waals surface area contributed by atoms with Crippen molar-refractivity contribution in [3.63, 3.8) is 0 Å². The zero-order valence-corrected chi connectivity index (χ0v) is 33.5. The molecule has 0 amide bonds. The number of rotatable bonds is 10. The average molecular weight is 707 g/mol. The van der Waals surface area contributed by atoms with Crippen molar-refractivity contribution in [1.82, 2.24) is 0 Å². The summed E-state index contributed by atoms with van der Waals surface area (Å²) in [5.41, 5.74) is -4.91. The molecule has 6 nitrogen and oxygen atoms in total. The fraction of sp³-hybridized carbons (Fsp3) is 0.683. The second-order valence-electron chi connectivity index (χ2n) is 17.9. The van der Waals surface area contributed by atoms with Gasteiger partial charge < -0.3 is 24.2 Å². The van der Waals surface area contributed by atoms with Crippen molar-refractivity contribution in [3.05, 3.63) is 60.7 Å². The SMILES string of the molecule is CC[Si](CC)(CC)O[C@@H]1[C@@](O)(CO[Si](c2ccccc2)(c2ccccc2)C(C)(C)C)C[C@@H]2C(=O)[C@@]3(CC[C@H](O)[C@@]13O)[C@H](C)C[C@@H]1[C@H]2C1(C)C. The van der Waals surface area contributed by atoms with Crippen LogP contribution in [0.4, 0.5) is 0 Å². The number of ketones is 1. The Morgan fingerprint density at radius 2 is 1.43 bits per heavy atom. The molecule has 4 saturated carbocycles. The van der Waals surface area contributed by atoms with E-state index in [9.17, 15) is 15.3 Å². The maximum atomic E-state index is 15.3. The molecule has 9 atom stereocenters. The number of carbonyl (C=O) groups is 1. The van der Waals surface area contributed by atoms with Gasteiger partial charge in [-0.2, -0.15) is 0 Å². The van der Waals surface area contributed by atoms with Gasteiger partial charge in [-0.3, -0.25) is 4.79 Å². The summed E-state index contributed by atoms with van der Waals surface area (Å²) in [4.78, 5) is 15.3. The first-order valence-corrected chi connectivity index (χ1v) is 23.5. The van der Waals surface area contributed by atoms with Gasteiger partial charge in [-0.1, -0.05) is 123 Å². The highest BCUT2D eigenvalue weighted by atomic mass is 28.4. The molecule has 0 saturated heterocycles. The highest BCUT2D eigenvalue weighted by molar-refractivity contribution is 6.99. The summed E-state index contributed by atoms with van der Waals surface area (Å²) in [6, 6.07) is 23.2. The maximum absolute atomic E-state index is 15.3. The van der Waals surface area contributed by atoms with E-state index in [2.05, 4.69) is 111 Å². The van der Waals surface area contributed by atoms with Gasteiger partial charge >= 0.3 is 0 Å². The lowest BCUT2D eigenvalue weighted by Gasteiger charge is -2.54. The first kappa shape index (κ1) is 37.1. The number of aliphatic hydroxyl groups excluding tert-OH is 1. The third-order valence-corrected chi connectivity index (χ3v) is 24.1. The monoisotopic (exact) mass is 706 g/mol. The van der Waals surface area contributed by atoms with Crippen LogP contribution in [0.5, 0.6) is 0 Å². The number of carbonyl (C=O) groups excluding carboxylic acids is 1. The number of fused-ring (bicyclic) bond motifs is 3. The van der Waals surface area contributed by atoms with E-state index in [0.717, 1.165) is 34.9 Å². The van der Waals surface area contributed by atoms with Crippen LogP contribution < -0.4 is 10.4 Å². The lowest BCUT2D eigenvalue weighted by molar-refractivity contribution is -0.237. The van der Waals surface area contributed by atoms with Crippen molar-refractivity contribution in [2.24, 2.45) is 34.5 Å². The van der Waals surface area contributed by atoms with Crippen LogP contribution in [0.25, 0.3) is 0 Å². The molecular formula is C41H62O6Si2. The molecule has 4 aliphatic carbocycles. The van der Waals surface area contributed by atoms with Gasteiger partial charge in [0.1, 0.15) is 23.1 Å². The fourth-order valence-corrected chi connectivity index (χ4v) is 19.0. The van der Waals surface area contributed by atoms with Crippen LogP contribution in [0.15, 0.2) is 60.7 Å². The van der Waals surface area contributed by atoms with Crippen molar-refractivity contribution in [3.8, 4) is 0 Å². The number of Topliss-reactive ketones (excluding diaryl/α,β-unsaturated/α-hetero) is 1. The minimum absolute atomic E-state index is 0.0314. The Morgan fingerprint density at radius 1 is 0.898 bits per heavy atom. The third kappa shape index (κ3) is 5.20. The van der Waals surface area contributed by atoms with Crippen LogP contribution in [-0.4, -0.2) is 67.8 Å². The van der Waals surface area contributed by atoms with E-state index in [1.165, 1.54) is 0 Å². The molecule has 0 aliphatic heterocycles. The number of benzene rings is 2. The van der Waals surface area contributed by atoms with Gasteiger partial charge in [0.25, 0.3) is 8.32 Å². The van der Waals surface area contributed by atoms with Crippen molar-refractivity contribution in [1.29, 1.82) is 0 Å². The molecule has 2 bridgehead atoms. The van der Waals surface area contributed by atoms with Crippen LogP contribution in [0.2, 0.25) is 23.2 Å². The topological polar surface area (TPSA) is 96.2 Å². The number of aliphatic hydroxyl groups is 3. The second kappa shape index (κ2) is 12.5. The molecule has 8 heteroatoms. The molecular weight excluding hydrogens is 645 g/mol. The summed E-state index contributed by atoms with van der Waals surface area (Å²) in [5, 5.41) is 41.0. The Balaban J connectivity index is 1.58. The normalized spacial score (nSPS) is 37.2. The molecule has 0 radical (unpaired) electrons. The Labute approximate surface area is 297 Å². The molecule has 0 aromatic heterocycles. The van der Waals surface area contributed by atoms with Gasteiger partial charge in [0, 0.05) is 5.92 Å². The first-order valence-electron chi connectivity index (χ1n) is 19.1. The van der Waals surface area contributed by atoms with Crippen molar-refractivity contribution >= 4 is 32.8 Å². The lowest BCUT2D eigenvalue weighted by atomic mass is 9.59. The van der Waals surface area contributed by atoms with E-state index in [0.29, 0.717) is 18.8 Å². The van der Waals surface area contributed by atoms with Crippen molar-refractivity contribution in [2.75, 3.05) is 6.61 Å². The van der Waals surface area contributed by atoms with E-state index in [-0.39, 0.29) is 41.1 Å². The molecule has 2 aromatic carbocycles. The predicted molar refractivity (Wildman–Crippen MR) is 201 cm³/mol. The molecule has 4 fully saturated rings. The summed E-state index contributed by atoms with van der Waals surface area (Å²) < 4.78 is 14.9. The lowest BCUT2D eigenvalue weighted by Crippen LogP contribution is -2.73. The molecule has 4 aliphatic rings. The van der Waals surface area contributed by atoms with Crippen LogP contribution in [0.3, 0.4) is 0 Å². The first-order chi connectivity index (χ1) is 23.0. The zero-order chi connectivity index (χ0) is 35.8. The molecule has 6 rings (SSSR count). The van der Waals surface area contributed by atoms with Gasteiger partial charge in [0.15, 0.2) is 8.32 Å². The minimum Gasteiger partial charge on any atom is -0.408 e. The minimum atomic E-state index is -3.13. The van der Waals surface area contributed by atoms with E-state index < -0.39 is 51.4 Å². The van der Waals surface area contributed by atoms with Crippen LogP contribution in [0.1, 0.15) is 88.0 Å². The largest absolute Gasteiger partial charge is 0.408 e. The second-order valence-corrected chi connectivity index (χ2v) is 26.9. The summed E-state index contributed by atoms with van der Waals surface area (Å²) >= 11 is 0. The standard InChI is InChI=1S/C41H62O6Si2/c1-10-48(11-2,12-3)47-36-39(44,27-46-49(37(5,6)7,29-19-15-13-16-20-29)30-21-17-14-18-22-30)26-31-34-32(38(34,8)9)25-28(4)40(35(31)43)24-23-33(42)41(36,40)45/h13-22,28,31-34,36,42,44-45H,10-12,23-27H2,1-9H3/t28-,31+,32-,33+,34+,36-,39+,40-,41-/m1/s1. The summed E-state index contributed by atoms with van der Waals surface area (Å²) in [6.07, 6.45) is -0.659. The van der Waals surface area contributed by atoms with Crippen LogP contribution >= 0.6 is 0 Å². The van der Waals surface area contributed by atoms with E-state index in [1.807, 2.05) is 12.1 Å². The zero-order valence-electron chi connectivity index (χ0n) is 31.5. The Bertz CT molecular complexity index is 1460. The summed E-state index contributed by atoms with van der Waals surface area (Å²) in [5.74, 6) is -0.152. The fourth-order valence-electron chi connectivity index (χ4n) is 11.5. The van der Waals surface area contributed by atoms with E-state index in [4.69, 9.17) is 8.85 Å². The van der Waals surface area contributed by atoms with Crippen LogP contribution in [0, 0.1) is 34.5 Å². The summed E-state index contributed by atoms with van der Waals surface area (Å²) in [7, 11) is -5.65. The van der Waals surface area contributed by atoms with Crippen LogP contribution in [-0.2, 0) is 13.6 Å². The quantitative estimate of drug-likeness (QED) is 0.246. The van der Waals surface area contributed by atoms with Crippen molar-refractivity contribution < 1.29 is 29.0 Å². The molecule has 1 spiro atoms. The van der Waals surface area contributed by atoms with Gasteiger partial charge in [0.05, 0.1) is 18.1 Å². The van der Waals surface area contributed by atoms with Crippen molar-refractivity contribution in [2.45, 2.75) is 135 Å². The van der Waals surface area contributed by atoms with Gasteiger partial charge in [-0.05, 0) is 82.4 Å². The highest BCUT2D eigenvalue weighted by Crippen LogP contribution is 2.73. The smallest absolute Gasteiger partial charge is 0.261 e. The molecule has 270 valence electrons. The maximum Gasteiger partial charge on any atom is 0.261 e. The summed E-state index contributed by atoms with van der Waals surface area (Å²) in [6.45, 7) is 19.6. The molecule has 0 unspecified atom stereocenters. The number of hydrogen-bond donors (Lipinski definition) is 3. The van der Waals surface area contributed by atoms with E-state index >= 15 is 4.79 Å². The molecule has 0 heterocycles. The van der Waals surface area contributed by atoms with Gasteiger partial charge in [-0.25, -0.2) is 0 Å². The van der Waals surface area contributed by atoms with Gasteiger partial charge in [0.2, 0.25) is 0 Å². The number of hydrogen-bond acceptors (Lipinski definition) is 6. The third-order valence-electron chi connectivity index (χ3n) is 14.6. The van der Waals surface area contributed by atoms with Gasteiger partial charge in [-0.15, -0.1) is 0 Å². The van der Waals surface area contributed by atoms with E-state index in [1.54, 1.807) is 0 Å². The Hall–Kier alpha value is -1.66. The molecule has 2 aromatic rings. The molecule has 3 N–H and O–H groups in total. The highest BCUT2D eigenvalue weighted by Gasteiger charge is 2.79.